The zero-order valence-corrected chi connectivity index (χ0v) is 23.1. The number of rotatable bonds is 4. The van der Waals surface area contributed by atoms with Crippen LogP contribution >= 0.6 is 11.3 Å². The van der Waals surface area contributed by atoms with Crippen LogP contribution in [0.1, 0.15) is 38.5 Å². The van der Waals surface area contributed by atoms with Crippen LogP contribution < -0.4 is 15.9 Å². The Morgan fingerprint density at radius 3 is 2.68 bits per heavy atom. The summed E-state index contributed by atoms with van der Waals surface area (Å²) >= 11 is 1.66. The molecule has 9 heteroatoms. The molecule has 0 amide bonds. The van der Waals surface area contributed by atoms with Crippen molar-refractivity contribution in [3.63, 3.8) is 0 Å². The fourth-order valence-electron chi connectivity index (χ4n) is 7.10. The number of fused-ring (bicyclic) bond motifs is 1. The number of aromatic nitrogens is 3. The van der Waals surface area contributed by atoms with Crippen LogP contribution in [0.15, 0.2) is 42.7 Å². The lowest BCUT2D eigenvalue weighted by atomic mass is 9.43. The molecule has 4 aromatic rings. The molecule has 3 aliphatic carbocycles. The van der Waals surface area contributed by atoms with E-state index in [0.29, 0.717) is 17.5 Å². The van der Waals surface area contributed by atoms with Crippen LogP contribution in [0, 0.1) is 24.2 Å². The summed E-state index contributed by atoms with van der Waals surface area (Å²) in [5, 5.41) is 10.2. The maximum Gasteiger partial charge on any atom is 0.498 e. The second-order valence-electron chi connectivity index (χ2n) is 11.7. The molecular weight excluding hydrogens is 495 g/mol. The average Bonchev–Trinajstić information content (AvgIpc) is 3.50. The van der Waals surface area contributed by atoms with Gasteiger partial charge in [-0.15, -0.1) is 11.3 Å². The third-order valence-corrected chi connectivity index (χ3v) is 10.4. The van der Waals surface area contributed by atoms with Gasteiger partial charge in [-0.05, 0) is 73.3 Å². The molecule has 0 radical (unpaired) electrons. The zero-order valence-electron chi connectivity index (χ0n) is 22.3. The van der Waals surface area contributed by atoms with Crippen LogP contribution in [0.4, 0.5) is 5.69 Å². The van der Waals surface area contributed by atoms with E-state index < -0.39 is 7.12 Å². The Labute approximate surface area is 226 Å². The molecule has 7 nitrogen and oxygen atoms in total. The van der Waals surface area contributed by atoms with E-state index in [1.165, 1.54) is 6.42 Å². The van der Waals surface area contributed by atoms with Gasteiger partial charge in [0, 0.05) is 27.5 Å². The van der Waals surface area contributed by atoms with E-state index >= 15 is 0 Å². The number of ether oxygens (including phenoxy) is 1. The van der Waals surface area contributed by atoms with Gasteiger partial charge < -0.3 is 19.8 Å². The van der Waals surface area contributed by atoms with Crippen molar-refractivity contribution in [2.75, 3.05) is 12.8 Å². The minimum atomic E-state index is -0.503. The van der Waals surface area contributed by atoms with Crippen LogP contribution in [0.2, 0.25) is 0 Å². The van der Waals surface area contributed by atoms with E-state index in [-0.39, 0.29) is 17.1 Å². The fraction of sp³-hybridized carbons (Fsp3) is 0.414. The molecule has 38 heavy (non-hydrogen) atoms. The Morgan fingerprint density at radius 2 is 1.95 bits per heavy atom. The Kier molecular flexibility index (Phi) is 5.22. The molecule has 2 aromatic carbocycles. The Hall–Kier alpha value is -3.01. The van der Waals surface area contributed by atoms with Gasteiger partial charge in [0.15, 0.2) is 0 Å². The number of methoxy groups -OCH3 is 1. The first-order valence-corrected chi connectivity index (χ1v) is 14.0. The van der Waals surface area contributed by atoms with Crippen molar-refractivity contribution in [3.8, 4) is 27.4 Å². The number of benzene rings is 2. The lowest BCUT2D eigenvalue weighted by molar-refractivity contribution is -0.199. The third kappa shape index (κ3) is 3.38. The lowest BCUT2D eigenvalue weighted by Crippen LogP contribution is -2.65. The Morgan fingerprint density at radius 1 is 1.11 bits per heavy atom. The molecule has 194 valence electrons. The average molecular weight is 526 g/mol. The number of thiazole rings is 1. The first-order chi connectivity index (χ1) is 18.2. The minimum absolute atomic E-state index is 0.0811. The second-order valence-corrected chi connectivity index (χ2v) is 13.0. The molecule has 2 aromatic heterocycles. The number of hydrogen-bond acceptors (Lipinski definition) is 8. The standard InChI is InChI=1S/C29H31BN4O3S/c1-15-13-32-27(38-15)20-12-24(35-5)21(11-19(20)16-6-7-18-22(31)14-33-34-23(18)8-16)30-36-26-10-17-9-25(28(17,2)3)29(26,4)37-30/h6-8,11-14,17,25-26H,9-10H2,1-5H3,(H2,31,34)/t17-,25-,26+,29-/m0/s1. The molecule has 1 aliphatic heterocycles. The highest BCUT2D eigenvalue weighted by Crippen LogP contribution is 2.65. The van der Waals surface area contributed by atoms with Crippen molar-refractivity contribution in [2.24, 2.45) is 17.3 Å². The Bertz CT molecular complexity index is 1590. The lowest BCUT2D eigenvalue weighted by Gasteiger charge is -2.64. The molecule has 4 fully saturated rings. The van der Waals surface area contributed by atoms with Crippen molar-refractivity contribution >= 4 is 40.5 Å². The summed E-state index contributed by atoms with van der Waals surface area (Å²) in [4.78, 5) is 5.85. The summed E-state index contributed by atoms with van der Waals surface area (Å²) in [5.41, 5.74) is 11.4. The maximum absolute atomic E-state index is 6.84. The molecule has 2 bridgehead atoms. The summed E-state index contributed by atoms with van der Waals surface area (Å²) in [6.45, 7) is 9.06. The van der Waals surface area contributed by atoms with Crippen LogP contribution in [0.5, 0.6) is 5.75 Å². The molecule has 0 unspecified atom stereocenters. The summed E-state index contributed by atoms with van der Waals surface area (Å²) in [6, 6.07) is 10.3. The number of aryl methyl sites for hydroxylation is 1. The molecular formula is C29H31BN4O3S. The van der Waals surface area contributed by atoms with E-state index in [9.17, 15) is 0 Å². The minimum Gasteiger partial charge on any atom is -0.497 e. The molecule has 4 atom stereocenters. The maximum atomic E-state index is 6.84. The SMILES string of the molecule is COc1cc(-c2ncc(C)s2)c(-c2ccc3c(N)cnnc3c2)cc1B1O[C@@H]2C[C@@H]3C[C@@H](C3(C)C)[C@]2(C)O1. The third-order valence-electron chi connectivity index (χ3n) is 9.41. The van der Waals surface area contributed by atoms with Crippen molar-refractivity contribution in [1.82, 2.24) is 15.2 Å². The largest absolute Gasteiger partial charge is 0.498 e. The normalized spacial score (nSPS) is 27.3. The predicted octanol–water partition coefficient (Wildman–Crippen LogP) is 5.25. The summed E-state index contributed by atoms with van der Waals surface area (Å²) in [7, 11) is 1.20. The number of hydrogen-bond donors (Lipinski definition) is 1. The highest BCUT2D eigenvalue weighted by molar-refractivity contribution is 7.15. The summed E-state index contributed by atoms with van der Waals surface area (Å²) in [6.07, 6.45) is 5.81. The number of nitrogen functional groups attached to an aromatic ring is 1. The van der Waals surface area contributed by atoms with Gasteiger partial charge in [-0.3, -0.25) is 0 Å². The molecule has 8 rings (SSSR count). The van der Waals surface area contributed by atoms with Crippen LogP contribution in [-0.4, -0.2) is 41.1 Å². The smallest absolute Gasteiger partial charge is 0.497 e. The van der Waals surface area contributed by atoms with Crippen LogP contribution in [-0.2, 0) is 9.31 Å². The topological polar surface area (TPSA) is 92.4 Å². The monoisotopic (exact) mass is 526 g/mol. The highest BCUT2D eigenvalue weighted by Gasteiger charge is 2.68. The van der Waals surface area contributed by atoms with Gasteiger partial charge >= 0.3 is 7.12 Å². The molecule has 2 N–H and O–H groups in total. The number of anilines is 1. The van der Waals surface area contributed by atoms with Gasteiger partial charge in [0.1, 0.15) is 10.8 Å². The van der Waals surface area contributed by atoms with E-state index in [2.05, 4.69) is 56.1 Å². The zero-order chi connectivity index (χ0) is 26.4. The quantitative estimate of drug-likeness (QED) is 0.363. The van der Waals surface area contributed by atoms with Crippen molar-refractivity contribution < 1.29 is 14.0 Å². The predicted molar refractivity (Wildman–Crippen MR) is 152 cm³/mol. The van der Waals surface area contributed by atoms with Crippen LogP contribution in [0.25, 0.3) is 32.6 Å². The van der Waals surface area contributed by atoms with Gasteiger partial charge in [-0.2, -0.15) is 10.2 Å². The van der Waals surface area contributed by atoms with E-state index in [0.717, 1.165) is 55.1 Å². The summed E-state index contributed by atoms with van der Waals surface area (Å²) in [5.74, 6) is 1.91. The number of nitrogens with two attached hydrogens (primary N) is 1. The van der Waals surface area contributed by atoms with Crippen molar-refractivity contribution in [3.05, 3.63) is 47.6 Å². The molecule has 3 heterocycles. The van der Waals surface area contributed by atoms with E-state index in [4.69, 9.17) is 24.8 Å². The molecule has 0 spiro atoms. The first-order valence-electron chi connectivity index (χ1n) is 13.2. The summed E-state index contributed by atoms with van der Waals surface area (Å²) < 4.78 is 19.4. The van der Waals surface area contributed by atoms with Gasteiger partial charge in [0.25, 0.3) is 0 Å². The van der Waals surface area contributed by atoms with Gasteiger partial charge in [-0.1, -0.05) is 26.0 Å². The highest BCUT2D eigenvalue weighted by atomic mass is 32.1. The van der Waals surface area contributed by atoms with Gasteiger partial charge in [-0.25, -0.2) is 4.98 Å². The first kappa shape index (κ1) is 24.1. The van der Waals surface area contributed by atoms with Gasteiger partial charge in [0.2, 0.25) is 0 Å². The van der Waals surface area contributed by atoms with Gasteiger partial charge in [0.05, 0.1) is 36.2 Å². The van der Waals surface area contributed by atoms with Crippen molar-refractivity contribution in [1.29, 1.82) is 0 Å². The van der Waals surface area contributed by atoms with E-state index in [1.54, 1.807) is 24.6 Å². The molecule has 1 saturated heterocycles. The number of nitrogens with zero attached hydrogens (tertiary/aromatic N) is 3. The Balaban J connectivity index is 1.37. The molecule has 4 aliphatic rings. The molecule has 3 saturated carbocycles. The second kappa shape index (κ2) is 8.25. The van der Waals surface area contributed by atoms with Crippen molar-refractivity contribution in [2.45, 2.75) is 52.2 Å². The fourth-order valence-corrected chi connectivity index (χ4v) is 7.89. The van der Waals surface area contributed by atoms with E-state index in [1.807, 2.05) is 18.3 Å². The van der Waals surface area contributed by atoms with Crippen LogP contribution in [0.3, 0.4) is 0 Å².